The highest BCUT2D eigenvalue weighted by molar-refractivity contribution is 7.09. The average molecular weight is 338 g/mol. The van der Waals surface area contributed by atoms with Gasteiger partial charge in [0.1, 0.15) is 11.3 Å². The van der Waals surface area contributed by atoms with Crippen LogP contribution in [0.1, 0.15) is 30.2 Å². The van der Waals surface area contributed by atoms with Crippen LogP contribution in [0.5, 0.6) is 0 Å². The molecule has 1 N–H and O–H groups in total. The van der Waals surface area contributed by atoms with Crippen molar-refractivity contribution >= 4 is 17.4 Å². The van der Waals surface area contributed by atoms with Crippen LogP contribution in [-0.4, -0.2) is 51.4 Å². The Balaban J connectivity index is 1.89. The minimum Gasteiger partial charge on any atom is -0.385 e. The first-order valence-electron chi connectivity index (χ1n) is 7.38. The van der Waals surface area contributed by atoms with Gasteiger partial charge < -0.3 is 19.5 Å². The zero-order chi connectivity index (χ0) is 16.7. The minimum atomic E-state index is -0.230. The first-order valence-corrected chi connectivity index (χ1v) is 8.26. The predicted molar refractivity (Wildman–Crippen MR) is 87.0 cm³/mol. The van der Waals surface area contributed by atoms with Gasteiger partial charge in [-0.2, -0.15) is 0 Å². The lowest BCUT2D eigenvalue weighted by atomic mass is 10.3. The summed E-state index contributed by atoms with van der Waals surface area (Å²) in [7, 11) is 3.42. The van der Waals surface area contributed by atoms with Gasteiger partial charge in [0.2, 0.25) is 0 Å². The van der Waals surface area contributed by atoms with Crippen molar-refractivity contribution < 1.29 is 9.53 Å². The van der Waals surface area contributed by atoms with Gasteiger partial charge in [-0.25, -0.2) is 9.78 Å². The summed E-state index contributed by atoms with van der Waals surface area (Å²) < 4.78 is 6.99. The molecule has 0 aliphatic rings. The smallest absolute Gasteiger partial charge is 0.318 e. The largest absolute Gasteiger partial charge is 0.385 e. The molecule has 0 radical (unpaired) electrons. The molecule has 23 heavy (non-hydrogen) atoms. The van der Waals surface area contributed by atoms with E-state index in [0.29, 0.717) is 13.2 Å². The summed E-state index contributed by atoms with van der Waals surface area (Å²) in [5.74, 6) is 0.733. The van der Waals surface area contributed by atoms with Gasteiger partial charge >= 0.3 is 6.03 Å². The molecule has 0 unspecified atom stereocenters. The minimum absolute atomic E-state index is 0.167. The molecule has 2 heterocycles. The topological polar surface area (TPSA) is 85.2 Å². The van der Waals surface area contributed by atoms with Crippen molar-refractivity contribution in [2.45, 2.75) is 32.5 Å². The molecule has 0 bridgehead atoms. The molecule has 0 aromatic carbocycles. The molecular weight excluding hydrogens is 316 g/mol. The normalized spacial score (nSPS) is 12.1. The summed E-state index contributed by atoms with van der Waals surface area (Å²) in [5, 5.41) is 13.8. The molecule has 9 heteroatoms. The molecule has 0 spiro atoms. The van der Waals surface area contributed by atoms with Crippen molar-refractivity contribution in [2.75, 3.05) is 20.8 Å². The molecular formula is C14H22N6O2S. The summed E-state index contributed by atoms with van der Waals surface area (Å²) in [5.41, 5.74) is 0. The third kappa shape index (κ3) is 5.00. The highest BCUT2D eigenvalue weighted by atomic mass is 32.1. The molecule has 0 saturated carbocycles. The molecule has 0 aliphatic heterocycles. The number of ether oxygens (including phenoxy) is 1. The number of carbonyl (C=O) groups excluding carboxylic acids is 1. The number of rotatable bonds is 8. The van der Waals surface area contributed by atoms with Crippen LogP contribution >= 0.6 is 11.3 Å². The van der Waals surface area contributed by atoms with Gasteiger partial charge in [0.15, 0.2) is 5.82 Å². The van der Waals surface area contributed by atoms with Gasteiger partial charge in [-0.15, -0.1) is 21.5 Å². The quantitative estimate of drug-likeness (QED) is 0.740. The number of methoxy groups -OCH3 is 1. The lowest BCUT2D eigenvalue weighted by Gasteiger charge is -2.20. The summed E-state index contributed by atoms with van der Waals surface area (Å²) in [6.07, 6.45) is 4.27. The van der Waals surface area contributed by atoms with Gasteiger partial charge in [-0.05, 0) is 13.3 Å². The Hall–Kier alpha value is -2.00. The fraction of sp³-hybridized carbons (Fsp3) is 0.571. The third-order valence-electron chi connectivity index (χ3n) is 3.32. The van der Waals surface area contributed by atoms with Gasteiger partial charge in [0.05, 0.1) is 12.6 Å². The molecule has 8 nitrogen and oxygen atoms in total. The van der Waals surface area contributed by atoms with Crippen LogP contribution in [0.15, 0.2) is 17.9 Å². The highest BCUT2D eigenvalue weighted by Gasteiger charge is 2.18. The Labute approximate surface area is 139 Å². The SMILES string of the molecule is COCCCn1cnnc1[C@H](C)NC(=O)N(C)Cc1nccs1. The summed E-state index contributed by atoms with van der Waals surface area (Å²) in [4.78, 5) is 18.0. The van der Waals surface area contributed by atoms with Gasteiger partial charge in [0.25, 0.3) is 0 Å². The Morgan fingerprint density at radius 3 is 3.09 bits per heavy atom. The molecule has 2 amide bonds. The fourth-order valence-corrected chi connectivity index (χ4v) is 2.79. The van der Waals surface area contributed by atoms with Crippen LogP contribution in [0, 0.1) is 0 Å². The van der Waals surface area contributed by atoms with E-state index in [1.807, 2.05) is 16.9 Å². The van der Waals surface area contributed by atoms with E-state index in [1.165, 1.54) is 11.3 Å². The second-order valence-electron chi connectivity index (χ2n) is 5.18. The Morgan fingerprint density at radius 2 is 2.39 bits per heavy atom. The Bertz CT molecular complexity index is 600. The average Bonchev–Trinajstić information content (AvgIpc) is 3.18. The van der Waals surface area contributed by atoms with E-state index in [9.17, 15) is 4.79 Å². The molecule has 0 saturated heterocycles. The Morgan fingerprint density at radius 1 is 1.57 bits per heavy atom. The molecule has 2 aromatic rings. The van der Waals surface area contributed by atoms with Crippen LogP contribution in [0.3, 0.4) is 0 Å². The second-order valence-corrected chi connectivity index (χ2v) is 6.16. The van der Waals surface area contributed by atoms with Gasteiger partial charge in [0, 0.05) is 38.9 Å². The number of amides is 2. The lowest BCUT2D eigenvalue weighted by Crippen LogP contribution is -2.38. The maximum Gasteiger partial charge on any atom is 0.318 e. The van der Waals surface area contributed by atoms with E-state index in [1.54, 1.807) is 31.6 Å². The fourth-order valence-electron chi connectivity index (χ4n) is 2.12. The molecule has 2 rings (SSSR count). The monoisotopic (exact) mass is 338 g/mol. The van der Waals surface area contributed by atoms with E-state index in [2.05, 4.69) is 20.5 Å². The molecule has 0 fully saturated rings. The van der Waals surface area contributed by atoms with E-state index in [-0.39, 0.29) is 12.1 Å². The number of aromatic nitrogens is 4. The molecule has 1 atom stereocenters. The van der Waals surface area contributed by atoms with E-state index < -0.39 is 0 Å². The van der Waals surface area contributed by atoms with E-state index >= 15 is 0 Å². The van der Waals surface area contributed by atoms with Crippen molar-refractivity contribution in [2.24, 2.45) is 0 Å². The number of thiazole rings is 1. The van der Waals surface area contributed by atoms with E-state index in [0.717, 1.165) is 23.8 Å². The predicted octanol–water partition coefficient (Wildman–Crippen LogP) is 1.67. The van der Waals surface area contributed by atoms with Gasteiger partial charge in [-0.1, -0.05) is 0 Å². The van der Waals surface area contributed by atoms with Crippen LogP contribution in [-0.2, 0) is 17.8 Å². The number of carbonyl (C=O) groups is 1. The summed E-state index contributed by atoms with van der Waals surface area (Å²) in [6, 6.07) is -0.398. The number of nitrogens with one attached hydrogen (secondary N) is 1. The maximum atomic E-state index is 12.3. The van der Waals surface area contributed by atoms with Crippen molar-refractivity contribution in [1.82, 2.24) is 30.0 Å². The highest BCUT2D eigenvalue weighted by Crippen LogP contribution is 2.11. The zero-order valence-corrected chi connectivity index (χ0v) is 14.4. The first kappa shape index (κ1) is 17.4. The van der Waals surface area contributed by atoms with Crippen molar-refractivity contribution in [3.05, 3.63) is 28.7 Å². The van der Waals surface area contributed by atoms with Crippen molar-refractivity contribution in [3.63, 3.8) is 0 Å². The lowest BCUT2D eigenvalue weighted by molar-refractivity contribution is 0.189. The number of hydrogen-bond donors (Lipinski definition) is 1. The van der Waals surface area contributed by atoms with Crippen LogP contribution in [0.25, 0.3) is 0 Å². The van der Waals surface area contributed by atoms with Crippen molar-refractivity contribution in [1.29, 1.82) is 0 Å². The maximum absolute atomic E-state index is 12.3. The standard InChI is InChI=1S/C14H22N6O2S/c1-11(13-18-16-10-20(13)6-4-7-22-3)17-14(21)19(2)9-12-15-5-8-23-12/h5,8,10-11H,4,6-7,9H2,1-3H3,(H,17,21)/t11-/m0/s1. The first-order chi connectivity index (χ1) is 11.1. The Kier molecular flexibility index (Phi) is 6.48. The molecule has 2 aromatic heterocycles. The molecule has 126 valence electrons. The zero-order valence-electron chi connectivity index (χ0n) is 13.6. The van der Waals surface area contributed by atoms with E-state index in [4.69, 9.17) is 4.74 Å². The van der Waals surface area contributed by atoms with Crippen LogP contribution in [0.2, 0.25) is 0 Å². The second kappa shape index (κ2) is 8.59. The third-order valence-corrected chi connectivity index (χ3v) is 4.09. The van der Waals surface area contributed by atoms with Gasteiger partial charge in [-0.3, -0.25) is 0 Å². The van der Waals surface area contributed by atoms with Crippen molar-refractivity contribution in [3.8, 4) is 0 Å². The number of urea groups is 1. The van der Waals surface area contributed by atoms with Crippen LogP contribution < -0.4 is 5.32 Å². The summed E-state index contributed by atoms with van der Waals surface area (Å²) >= 11 is 1.53. The number of nitrogens with zero attached hydrogens (tertiary/aromatic N) is 5. The summed E-state index contributed by atoms with van der Waals surface area (Å²) in [6.45, 7) is 3.81. The number of aryl methyl sites for hydroxylation is 1. The van der Waals surface area contributed by atoms with Crippen LogP contribution in [0.4, 0.5) is 4.79 Å². The molecule has 0 aliphatic carbocycles. The number of hydrogen-bond acceptors (Lipinski definition) is 6.